The van der Waals surface area contributed by atoms with E-state index in [0.717, 1.165) is 0 Å². The van der Waals surface area contributed by atoms with Crippen molar-refractivity contribution in [2.24, 2.45) is 0 Å². The van der Waals surface area contributed by atoms with Gasteiger partial charge in [0.15, 0.2) is 0 Å². The maximum absolute atomic E-state index is 6.20. The Morgan fingerprint density at radius 2 is 1.29 bits per heavy atom. The fraction of sp³-hybridized carbons (Fsp3) is 0.692. The number of rotatable bonds is 12. The van der Waals surface area contributed by atoms with Crippen LogP contribution in [-0.4, -0.2) is 45.5 Å². The van der Waals surface area contributed by atoms with E-state index in [9.17, 15) is 0 Å². The van der Waals surface area contributed by atoms with Crippen LogP contribution in [0.5, 0.6) is 0 Å². The molecule has 0 bridgehead atoms. The summed E-state index contributed by atoms with van der Waals surface area (Å²) < 4.78 is 29.0. The van der Waals surface area contributed by atoms with Gasteiger partial charge in [0.25, 0.3) is 0 Å². The van der Waals surface area contributed by atoms with Crippen LogP contribution in [-0.2, 0) is 21.8 Å². The van der Waals surface area contributed by atoms with Gasteiger partial charge in [-0.25, -0.2) is 0 Å². The zero-order chi connectivity index (χ0) is 16.6. The average Bonchev–Trinajstić information content (AvgIpc) is 2.29. The molecule has 0 aliphatic heterocycles. The van der Waals surface area contributed by atoms with Crippen LogP contribution in [0.3, 0.4) is 0 Å². The van der Waals surface area contributed by atoms with Crippen LogP contribution in [0.2, 0.25) is 39.3 Å². The van der Waals surface area contributed by atoms with Crippen molar-refractivity contribution in [1.29, 1.82) is 0 Å². The molecule has 0 saturated heterocycles. The first-order valence-corrected chi connectivity index (χ1v) is 15.5. The molecule has 124 valence electrons. The first kappa shape index (κ1) is 20.8. The molecule has 0 atom stereocenters. The average molecular weight is 351 g/mol. The van der Waals surface area contributed by atoms with E-state index in [1.165, 1.54) is 6.26 Å². The predicted octanol–water partition coefficient (Wildman–Crippen LogP) is 3.50. The van der Waals surface area contributed by atoms with Gasteiger partial charge in [-0.2, -0.15) is 0 Å². The molecule has 0 amide bonds. The van der Waals surface area contributed by atoms with Crippen LogP contribution in [0, 0.1) is 0 Å². The third-order valence-electron chi connectivity index (χ3n) is 2.30. The Labute approximate surface area is 132 Å². The standard InChI is InChI=1S/C13H30O5Si3/c1-9-11-15-19(3,4)17-21(7,8)18-20(5,6)16-13-12-14-10-2/h9-10H,1-2,11-13H2,3-8H3. The lowest BCUT2D eigenvalue weighted by Gasteiger charge is -2.37. The van der Waals surface area contributed by atoms with Gasteiger partial charge in [0.1, 0.15) is 6.61 Å². The molecule has 0 aliphatic carbocycles. The van der Waals surface area contributed by atoms with E-state index in [-0.39, 0.29) is 0 Å². The van der Waals surface area contributed by atoms with E-state index in [1.54, 1.807) is 6.08 Å². The van der Waals surface area contributed by atoms with Crippen molar-refractivity contribution in [2.45, 2.75) is 39.3 Å². The summed E-state index contributed by atoms with van der Waals surface area (Å²) in [7, 11) is -6.77. The first-order valence-electron chi connectivity index (χ1n) is 7.05. The van der Waals surface area contributed by atoms with Crippen molar-refractivity contribution in [3.8, 4) is 0 Å². The molecule has 0 aliphatic rings. The Morgan fingerprint density at radius 1 is 0.762 bits per heavy atom. The molecule has 0 spiro atoms. The van der Waals surface area contributed by atoms with Gasteiger partial charge in [0.05, 0.1) is 19.5 Å². The minimum atomic E-state index is -2.31. The third-order valence-corrected chi connectivity index (χ3v) is 11.9. The molecule has 5 nitrogen and oxygen atoms in total. The van der Waals surface area contributed by atoms with Gasteiger partial charge in [-0.15, -0.1) is 6.58 Å². The molecule has 0 fully saturated rings. The normalized spacial score (nSPS) is 13.0. The van der Waals surface area contributed by atoms with Crippen LogP contribution in [0.4, 0.5) is 0 Å². The van der Waals surface area contributed by atoms with E-state index in [1.807, 2.05) is 39.3 Å². The molecular formula is C13H30O5Si3. The van der Waals surface area contributed by atoms with Crippen molar-refractivity contribution in [2.75, 3.05) is 19.8 Å². The third kappa shape index (κ3) is 11.0. The SMILES string of the molecule is C=CCO[Si](C)(C)O[Si](C)(C)O[Si](C)(C)OCCOC=C. The minimum Gasteiger partial charge on any atom is -0.499 e. The molecule has 0 heterocycles. The highest BCUT2D eigenvalue weighted by atomic mass is 28.5. The summed E-state index contributed by atoms with van der Waals surface area (Å²) in [5.41, 5.74) is 0. The summed E-state index contributed by atoms with van der Waals surface area (Å²) in [5.74, 6) is 0. The highest BCUT2D eigenvalue weighted by Gasteiger charge is 2.41. The number of hydrogen-bond donors (Lipinski definition) is 0. The first-order chi connectivity index (χ1) is 9.54. The van der Waals surface area contributed by atoms with E-state index < -0.39 is 25.7 Å². The van der Waals surface area contributed by atoms with Gasteiger partial charge < -0.3 is 21.8 Å². The number of ether oxygens (including phenoxy) is 1. The highest BCUT2D eigenvalue weighted by Crippen LogP contribution is 2.21. The topological polar surface area (TPSA) is 46.2 Å². The van der Waals surface area contributed by atoms with Crippen molar-refractivity contribution >= 4 is 25.7 Å². The Bertz CT molecular complexity index is 332. The lowest BCUT2D eigenvalue weighted by molar-refractivity contribution is 0.150. The summed E-state index contributed by atoms with van der Waals surface area (Å²) >= 11 is 0. The van der Waals surface area contributed by atoms with E-state index >= 15 is 0 Å². The van der Waals surface area contributed by atoms with Gasteiger partial charge >= 0.3 is 25.7 Å². The van der Waals surface area contributed by atoms with E-state index in [0.29, 0.717) is 19.8 Å². The van der Waals surface area contributed by atoms with Crippen LogP contribution >= 0.6 is 0 Å². The summed E-state index contributed by atoms with van der Waals surface area (Å²) in [4.78, 5) is 0. The van der Waals surface area contributed by atoms with Gasteiger partial charge in [-0.1, -0.05) is 12.7 Å². The predicted molar refractivity (Wildman–Crippen MR) is 92.9 cm³/mol. The highest BCUT2D eigenvalue weighted by molar-refractivity contribution is 6.84. The zero-order valence-corrected chi connectivity index (χ0v) is 17.2. The Hall–Kier alpha value is -0.229. The monoisotopic (exact) mass is 350 g/mol. The molecule has 0 aromatic carbocycles. The van der Waals surface area contributed by atoms with E-state index in [4.69, 9.17) is 21.8 Å². The van der Waals surface area contributed by atoms with Crippen molar-refractivity contribution in [3.63, 3.8) is 0 Å². The lowest BCUT2D eigenvalue weighted by Crippen LogP contribution is -2.54. The molecule has 0 N–H and O–H groups in total. The van der Waals surface area contributed by atoms with Crippen molar-refractivity contribution in [1.82, 2.24) is 0 Å². The Morgan fingerprint density at radius 3 is 1.76 bits per heavy atom. The summed E-state index contributed by atoms with van der Waals surface area (Å²) in [5, 5.41) is 0. The number of hydrogen-bond acceptors (Lipinski definition) is 5. The molecule has 0 saturated carbocycles. The molecule has 0 unspecified atom stereocenters. The second-order valence-corrected chi connectivity index (χ2v) is 16.5. The molecule has 0 aromatic rings. The molecule has 0 aromatic heterocycles. The molecule has 21 heavy (non-hydrogen) atoms. The van der Waals surface area contributed by atoms with Gasteiger partial charge in [-0.05, 0) is 39.3 Å². The fourth-order valence-electron chi connectivity index (χ4n) is 1.94. The molecular weight excluding hydrogens is 320 g/mol. The van der Waals surface area contributed by atoms with Crippen LogP contribution in [0.1, 0.15) is 0 Å². The maximum atomic E-state index is 6.20. The van der Waals surface area contributed by atoms with Crippen LogP contribution in [0.25, 0.3) is 0 Å². The van der Waals surface area contributed by atoms with Gasteiger partial charge in [-0.3, -0.25) is 0 Å². The summed E-state index contributed by atoms with van der Waals surface area (Å²) in [6.45, 7) is 20.7. The van der Waals surface area contributed by atoms with Gasteiger partial charge in [0, 0.05) is 0 Å². The van der Waals surface area contributed by atoms with Gasteiger partial charge in [0.2, 0.25) is 0 Å². The Kier molecular flexibility index (Phi) is 8.93. The Balaban J connectivity index is 4.41. The second kappa shape index (κ2) is 9.03. The van der Waals surface area contributed by atoms with Crippen LogP contribution < -0.4 is 0 Å². The smallest absolute Gasteiger partial charge is 0.323 e. The fourth-order valence-corrected chi connectivity index (χ4v) is 13.5. The lowest BCUT2D eigenvalue weighted by atomic mass is 10.7. The van der Waals surface area contributed by atoms with Crippen molar-refractivity contribution in [3.05, 3.63) is 25.5 Å². The quantitative estimate of drug-likeness (QED) is 0.233. The molecule has 8 heteroatoms. The largest absolute Gasteiger partial charge is 0.499 e. The minimum absolute atomic E-state index is 0.481. The summed E-state index contributed by atoms with van der Waals surface area (Å²) in [6.07, 6.45) is 3.14. The zero-order valence-electron chi connectivity index (χ0n) is 14.2. The second-order valence-electron chi connectivity index (χ2n) is 5.89. The maximum Gasteiger partial charge on any atom is 0.323 e. The van der Waals surface area contributed by atoms with E-state index in [2.05, 4.69) is 13.2 Å². The summed E-state index contributed by atoms with van der Waals surface area (Å²) in [6, 6.07) is 0. The van der Waals surface area contributed by atoms with Crippen molar-refractivity contribution < 1.29 is 21.8 Å². The molecule has 0 rings (SSSR count). The van der Waals surface area contributed by atoms with Crippen LogP contribution in [0.15, 0.2) is 25.5 Å². The molecule has 0 radical (unpaired) electrons.